The maximum Gasteiger partial charge on any atom is 0.242 e. The number of hydrogen-bond acceptors (Lipinski definition) is 5. The highest BCUT2D eigenvalue weighted by molar-refractivity contribution is 8.00. The zero-order valence-corrected chi connectivity index (χ0v) is 14.2. The highest BCUT2D eigenvalue weighted by Gasteiger charge is 2.35. The van der Waals surface area contributed by atoms with Gasteiger partial charge in [-0.05, 0) is 18.9 Å². The highest BCUT2D eigenvalue weighted by Crippen LogP contribution is 2.42. The average Bonchev–Trinajstić information content (AvgIpc) is 3.24. The van der Waals surface area contributed by atoms with Gasteiger partial charge in [-0.2, -0.15) is 0 Å². The Bertz CT molecular complexity index is 666. The molecule has 0 radical (unpaired) electrons. The molecule has 3 aliphatic heterocycles. The summed E-state index contributed by atoms with van der Waals surface area (Å²) < 4.78 is 11.5. The first-order valence-corrected chi connectivity index (χ1v) is 9.43. The predicted octanol–water partition coefficient (Wildman–Crippen LogP) is 1.65. The van der Waals surface area contributed by atoms with Crippen LogP contribution in [0.25, 0.3) is 0 Å². The van der Waals surface area contributed by atoms with Crippen LogP contribution in [0.5, 0.6) is 11.5 Å². The van der Waals surface area contributed by atoms with Crippen LogP contribution in [-0.4, -0.2) is 59.5 Å². The zero-order chi connectivity index (χ0) is 16.5. The Morgan fingerprint density at radius 3 is 3.00 bits per heavy atom. The molecule has 4 rings (SSSR count). The van der Waals surface area contributed by atoms with Crippen molar-refractivity contribution in [2.45, 2.75) is 18.9 Å². The highest BCUT2D eigenvalue weighted by atomic mass is 32.2. The van der Waals surface area contributed by atoms with Gasteiger partial charge in [-0.25, -0.2) is 0 Å². The van der Waals surface area contributed by atoms with Crippen LogP contribution < -0.4 is 9.47 Å². The SMILES string of the molecule is O=C1CSCN1CC(=O)N1CCC[C@@H]1c1cccc2c1OCCO2. The minimum atomic E-state index is -0.000455. The van der Waals surface area contributed by atoms with Gasteiger partial charge in [0.15, 0.2) is 11.5 Å². The Labute approximate surface area is 145 Å². The summed E-state index contributed by atoms with van der Waals surface area (Å²) in [5, 5.41) is 0. The van der Waals surface area contributed by atoms with Crippen molar-refractivity contribution in [3.63, 3.8) is 0 Å². The van der Waals surface area contributed by atoms with E-state index < -0.39 is 0 Å². The van der Waals surface area contributed by atoms with Crippen molar-refractivity contribution in [1.82, 2.24) is 9.80 Å². The Morgan fingerprint density at radius 2 is 2.17 bits per heavy atom. The van der Waals surface area contributed by atoms with Crippen LogP contribution in [0, 0.1) is 0 Å². The lowest BCUT2D eigenvalue weighted by Crippen LogP contribution is -2.40. The molecule has 2 amide bonds. The van der Waals surface area contributed by atoms with Gasteiger partial charge in [0.2, 0.25) is 11.8 Å². The number of carbonyl (C=O) groups is 2. The molecular weight excluding hydrogens is 328 g/mol. The fourth-order valence-corrected chi connectivity index (χ4v) is 4.45. The molecule has 0 spiro atoms. The van der Waals surface area contributed by atoms with Gasteiger partial charge in [0.25, 0.3) is 0 Å². The molecule has 3 aliphatic rings. The second kappa shape index (κ2) is 6.55. The molecule has 0 unspecified atom stereocenters. The van der Waals surface area contributed by atoms with E-state index >= 15 is 0 Å². The summed E-state index contributed by atoms with van der Waals surface area (Å²) in [6, 6.07) is 5.86. The van der Waals surface area contributed by atoms with Gasteiger partial charge in [0, 0.05) is 12.1 Å². The molecule has 0 aliphatic carbocycles. The van der Waals surface area contributed by atoms with Crippen molar-refractivity contribution in [1.29, 1.82) is 0 Å². The molecule has 2 saturated heterocycles. The van der Waals surface area contributed by atoms with E-state index in [2.05, 4.69) is 0 Å². The summed E-state index contributed by atoms with van der Waals surface area (Å²) >= 11 is 1.56. The third-order valence-electron chi connectivity index (χ3n) is 4.68. The third-order valence-corrected chi connectivity index (χ3v) is 5.63. The number of benzene rings is 1. The van der Waals surface area contributed by atoms with Crippen LogP contribution >= 0.6 is 11.8 Å². The van der Waals surface area contributed by atoms with Crippen molar-refractivity contribution in [2.24, 2.45) is 0 Å². The number of rotatable bonds is 3. The fourth-order valence-electron chi connectivity index (χ4n) is 3.54. The topological polar surface area (TPSA) is 59.1 Å². The van der Waals surface area contributed by atoms with E-state index in [1.165, 1.54) is 0 Å². The first-order chi connectivity index (χ1) is 11.7. The number of carbonyl (C=O) groups excluding carboxylic acids is 2. The fraction of sp³-hybridized carbons (Fsp3) is 0.529. The standard InChI is InChI=1S/C17H20N2O4S/c20-15(9-18-11-24-10-16(18)21)19-6-2-4-13(19)12-3-1-5-14-17(12)23-8-7-22-14/h1,3,5,13H,2,4,6-11H2/t13-/m1/s1. The number of nitrogens with zero attached hydrogens (tertiary/aromatic N) is 2. The van der Waals surface area contributed by atoms with Gasteiger partial charge in [0.1, 0.15) is 19.8 Å². The number of likely N-dealkylation sites (tertiary alicyclic amines) is 1. The van der Waals surface area contributed by atoms with E-state index in [4.69, 9.17) is 9.47 Å². The number of ether oxygens (including phenoxy) is 2. The first-order valence-electron chi connectivity index (χ1n) is 8.27. The maximum atomic E-state index is 12.7. The molecule has 7 heteroatoms. The molecule has 1 aromatic rings. The van der Waals surface area contributed by atoms with Crippen molar-refractivity contribution in [3.05, 3.63) is 23.8 Å². The van der Waals surface area contributed by atoms with Crippen LogP contribution in [0.2, 0.25) is 0 Å². The minimum Gasteiger partial charge on any atom is -0.486 e. The van der Waals surface area contributed by atoms with Crippen molar-refractivity contribution in [2.75, 3.05) is 37.9 Å². The maximum absolute atomic E-state index is 12.7. The molecule has 0 N–H and O–H groups in total. The smallest absolute Gasteiger partial charge is 0.242 e. The lowest BCUT2D eigenvalue weighted by Gasteiger charge is -2.30. The predicted molar refractivity (Wildman–Crippen MR) is 90.2 cm³/mol. The van der Waals surface area contributed by atoms with E-state index in [0.717, 1.165) is 36.4 Å². The molecule has 0 saturated carbocycles. The van der Waals surface area contributed by atoms with Gasteiger partial charge in [-0.1, -0.05) is 12.1 Å². The second-order valence-corrected chi connectivity index (χ2v) is 7.14. The van der Waals surface area contributed by atoms with Crippen LogP contribution in [0.4, 0.5) is 0 Å². The molecule has 128 valence electrons. The molecule has 24 heavy (non-hydrogen) atoms. The Kier molecular flexibility index (Phi) is 4.26. The van der Waals surface area contributed by atoms with E-state index in [0.29, 0.717) is 24.8 Å². The Balaban J connectivity index is 1.55. The van der Waals surface area contributed by atoms with E-state index in [9.17, 15) is 9.59 Å². The second-order valence-electron chi connectivity index (χ2n) is 6.19. The molecule has 1 aromatic carbocycles. The van der Waals surface area contributed by atoms with E-state index in [-0.39, 0.29) is 24.4 Å². The minimum absolute atomic E-state index is 0.000455. The molecule has 0 aromatic heterocycles. The number of hydrogen-bond donors (Lipinski definition) is 0. The quantitative estimate of drug-likeness (QED) is 0.831. The van der Waals surface area contributed by atoms with Crippen LogP contribution in [0.1, 0.15) is 24.4 Å². The number of fused-ring (bicyclic) bond motifs is 1. The number of para-hydroxylation sites is 1. The van der Waals surface area contributed by atoms with Crippen molar-refractivity contribution >= 4 is 23.6 Å². The van der Waals surface area contributed by atoms with E-state index in [1.807, 2.05) is 23.1 Å². The molecule has 2 fully saturated rings. The van der Waals surface area contributed by atoms with Gasteiger partial charge in [-0.3, -0.25) is 9.59 Å². The molecule has 6 nitrogen and oxygen atoms in total. The van der Waals surface area contributed by atoms with Gasteiger partial charge < -0.3 is 19.3 Å². The largest absolute Gasteiger partial charge is 0.486 e. The summed E-state index contributed by atoms with van der Waals surface area (Å²) in [6.07, 6.45) is 1.87. The van der Waals surface area contributed by atoms with Crippen LogP contribution in [-0.2, 0) is 9.59 Å². The molecule has 1 atom stereocenters. The summed E-state index contributed by atoms with van der Waals surface area (Å²) in [7, 11) is 0. The van der Waals surface area contributed by atoms with Gasteiger partial charge in [0.05, 0.1) is 17.7 Å². The summed E-state index contributed by atoms with van der Waals surface area (Å²) in [5.74, 6) is 2.68. The van der Waals surface area contributed by atoms with Gasteiger partial charge >= 0.3 is 0 Å². The third kappa shape index (κ3) is 2.81. The van der Waals surface area contributed by atoms with Crippen LogP contribution in [0.3, 0.4) is 0 Å². The van der Waals surface area contributed by atoms with Crippen molar-refractivity contribution < 1.29 is 19.1 Å². The van der Waals surface area contributed by atoms with Crippen molar-refractivity contribution in [3.8, 4) is 11.5 Å². The van der Waals surface area contributed by atoms with E-state index in [1.54, 1.807) is 16.7 Å². The molecule has 3 heterocycles. The monoisotopic (exact) mass is 348 g/mol. The lowest BCUT2D eigenvalue weighted by molar-refractivity contribution is -0.138. The van der Waals surface area contributed by atoms with Gasteiger partial charge in [-0.15, -0.1) is 11.8 Å². The Hall–Kier alpha value is -1.89. The number of thioether (sulfide) groups is 1. The molecular formula is C17H20N2O4S. The molecule has 0 bridgehead atoms. The zero-order valence-electron chi connectivity index (χ0n) is 13.4. The summed E-state index contributed by atoms with van der Waals surface area (Å²) in [5.41, 5.74) is 1.01. The first kappa shape index (κ1) is 15.6. The number of amides is 2. The average molecular weight is 348 g/mol. The normalized spacial score (nSPS) is 23.0. The van der Waals surface area contributed by atoms with Crippen LogP contribution in [0.15, 0.2) is 18.2 Å². The Morgan fingerprint density at radius 1 is 1.29 bits per heavy atom. The summed E-state index contributed by atoms with van der Waals surface area (Å²) in [4.78, 5) is 28.0. The lowest BCUT2D eigenvalue weighted by atomic mass is 10.0. The summed E-state index contributed by atoms with van der Waals surface area (Å²) in [6.45, 7) is 1.99.